The average molecular weight is 261 g/mol. The van der Waals surface area contributed by atoms with Gasteiger partial charge in [0.25, 0.3) is 5.91 Å². The molecule has 5 heteroatoms. The maximum atomic E-state index is 13.3. The first-order chi connectivity index (χ1) is 9.00. The molecule has 0 aromatic heterocycles. The van der Waals surface area contributed by atoms with E-state index in [1.165, 1.54) is 43.3 Å². The maximum Gasteiger partial charge on any atom is 0.263 e. The number of hydrogen-bond acceptors (Lipinski definition) is 3. The number of carbonyl (C=O) groups is 1. The molecule has 0 aliphatic rings. The van der Waals surface area contributed by atoms with Gasteiger partial charge in [0.15, 0.2) is 0 Å². The van der Waals surface area contributed by atoms with Gasteiger partial charge in [-0.05, 0) is 31.2 Å². The van der Waals surface area contributed by atoms with Crippen LogP contribution in [0.15, 0.2) is 36.4 Å². The smallest absolute Gasteiger partial charge is 0.263 e. The largest absolute Gasteiger partial charge is 0.507 e. The third-order valence-electron chi connectivity index (χ3n) is 2.76. The van der Waals surface area contributed by atoms with Gasteiger partial charge in [-0.1, -0.05) is 12.1 Å². The van der Waals surface area contributed by atoms with E-state index >= 15 is 0 Å². The maximum absolute atomic E-state index is 13.3. The zero-order chi connectivity index (χ0) is 14.0. The lowest BCUT2D eigenvalue weighted by atomic mass is 10.1. The highest BCUT2D eigenvalue weighted by Gasteiger charge is 2.17. The number of amides is 1. The highest BCUT2D eigenvalue weighted by atomic mass is 19.1. The second-order valence-corrected chi connectivity index (χ2v) is 4.04. The van der Waals surface area contributed by atoms with Crippen molar-refractivity contribution in [3.8, 4) is 11.5 Å². The summed E-state index contributed by atoms with van der Waals surface area (Å²) in [5, 5.41) is 21.6. The van der Waals surface area contributed by atoms with E-state index in [1.807, 2.05) is 0 Å². The van der Waals surface area contributed by atoms with Crippen LogP contribution in [0.25, 0.3) is 0 Å². The van der Waals surface area contributed by atoms with Crippen molar-refractivity contribution < 1.29 is 19.4 Å². The fraction of sp³-hybridized carbons (Fsp3) is 0.0714. The van der Waals surface area contributed by atoms with E-state index in [9.17, 15) is 19.4 Å². The van der Waals surface area contributed by atoms with Gasteiger partial charge in [-0.2, -0.15) is 0 Å². The number of halogens is 1. The zero-order valence-electron chi connectivity index (χ0n) is 10.1. The van der Waals surface area contributed by atoms with Crippen LogP contribution in [0.1, 0.15) is 15.9 Å². The summed E-state index contributed by atoms with van der Waals surface area (Å²) in [5.41, 5.74) is 0.324. The number of nitrogens with one attached hydrogen (secondary N) is 1. The van der Waals surface area contributed by atoms with Gasteiger partial charge < -0.3 is 15.5 Å². The molecule has 0 saturated carbocycles. The van der Waals surface area contributed by atoms with Crippen molar-refractivity contribution >= 4 is 11.6 Å². The Bertz CT molecular complexity index is 620. The molecular weight excluding hydrogens is 249 g/mol. The van der Waals surface area contributed by atoms with Gasteiger partial charge in [0, 0.05) is 11.3 Å². The van der Waals surface area contributed by atoms with Crippen LogP contribution in [0.4, 0.5) is 10.1 Å². The molecule has 19 heavy (non-hydrogen) atoms. The van der Waals surface area contributed by atoms with Crippen molar-refractivity contribution in [2.24, 2.45) is 0 Å². The number of rotatable bonds is 2. The van der Waals surface area contributed by atoms with E-state index in [0.717, 1.165) is 0 Å². The molecule has 0 heterocycles. The van der Waals surface area contributed by atoms with Crippen molar-refractivity contribution in [3.05, 3.63) is 53.3 Å². The minimum absolute atomic E-state index is 0.244. The molecule has 1 amide bonds. The third kappa shape index (κ3) is 2.49. The first-order valence-electron chi connectivity index (χ1n) is 5.58. The summed E-state index contributed by atoms with van der Waals surface area (Å²) in [6.07, 6.45) is 0. The minimum atomic E-state index is -0.704. The summed E-state index contributed by atoms with van der Waals surface area (Å²) in [5.74, 6) is -1.83. The van der Waals surface area contributed by atoms with Crippen LogP contribution >= 0.6 is 0 Å². The molecule has 4 nitrogen and oxygen atoms in total. The Balaban J connectivity index is 2.34. The lowest BCUT2D eigenvalue weighted by molar-refractivity contribution is 0.102. The van der Waals surface area contributed by atoms with Crippen molar-refractivity contribution in [2.45, 2.75) is 6.92 Å². The van der Waals surface area contributed by atoms with E-state index in [2.05, 4.69) is 5.32 Å². The predicted molar refractivity (Wildman–Crippen MR) is 68.9 cm³/mol. The summed E-state index contributed by atoms with van der Waals surface area (Å²) in [7, 11) is 0. The molecule has 0 spiro atoms. The molecule has 0 unspecified atom stereocenters. The standard InChI is InChI=1S/C14H12FNO3/c1-8-9(15)4-2-5-10(8)16-14(19)13-11(17)6-3-7-12(13)18/h2-7,17-18H,1H3,(H,16,19). The van der Waals surface area contributed by atoms with Gasteiger partial charge in [-0.3, -0.25) is 4.79 Å². The first-order valence-corrected chi connectivity index (χ1v) is 5.58. The average Bonchev–Trinajstić information content (AvgIpc) is 2.35. The molecule has 0 saturated heterocycles. The third-order valence-corrected chi connectivity index (χ3v) is 2.76. The molecule has 2 aromatic carbocycles. The second kappa shape index (κ2) is 4.97. The van der Waals surface area contributed by atoms with Crippen molar-refractivity contribution in [1.29, 1.82) is 0 Å². The number of aromatic hydroxyl groups is 2. The van der Waals surface area contributed by atoms with E-state index in [-0.39, 0.29) is 28.3 Å². The lowest BCUT2D eigenvalue weighted by Gasteiger charge is -2.10. The summed E-state index contributed by atoms with van der Waals surface area (Å²) in [6, 6.07) is 8.26. The lowest BCUT2D eigenvalue weighted by Crippen LogP contribution is -2.13. The van der Waals surface area contributed by atoms with Gasteiger partial charge in [-0.25, -0.2) is 4.39 Å². The molecular formula is C14H12FNO3. The number of hydrogen-bond donors (Lipinski definition) is 3. The van der Waals surface area contributed by atoms with Gasteiger partial charge in [0.2, 0.25) is 0 Å². The van der Waals surface area contributed by atoms with E-state index in [4.69, 9.17) is 0 Å². The van der Waals surface area contributed by atoms with Crippen LogP contribution in [-0.4, -0.2) is 16.1 Å². The summed E-state index contributed by atoms with van der Waals surface area (Å²) >= 11 is 0. The summed E-state index contributed by atoms with van der Waals surface area (Å²) in [4.78, 5) is 12.0. The highest BCUT2D eigenvalue weighted by molar-refractivity contribution is 6.08. The SMILES string of the molecule is Cc1c(F)cccc1NC(=O)c1c(O)cccc1O. The van der Waals surface area contributed by atoms with Crippen LogP contribution in [0.5, 0.6) is 11.5 Å². The quantitative estimate of drug-likeness (QED) is 0.778. The topological polar surface area (TPSA) is 69.6 Å². The summed E-state index contributed by atoms with van der Waals surface area (Å²) in [6.45, 7) is 1.52. The van der Waals surface area contributed by atoms with Gasteiger partial charge in [-0.15, -0.1) is 0 Å². The Labute approximate surface area is 109 Å². The number of carbonyl (C=O) groups excluding carboxylic acids is 1. The van der Waals surface area contributed by atoms with Crippen LogP contribution in [0.3, 0.4) is 0 Å². The molecule has 2 rings (SSSR count). The Hall–Kier alpha value is -2.56. The number of benzene rings is 2. The van der Waals surface area contributed by atoms with Gasteiger partial charge >= 0.3 is 0 Å². The van der Waals surface area contributed by atoms with Crippen LogP contribution in [0.2, 0.25) is 0 Å². The Kier molecular flexibility index (Phi) is 3.37. The van der Waals surface area contributed by atoms with E-state index in [0.29, 0.717) is 0 Å². The molecule has 2 aromatic rings. The molecule has 0 atom stereocenters. The van der Waals surface area contributed by atoms with Crippen molar-refractivity contribution in [2.75, 3.05) is 5.32 Å². The Morgan fingerprint density at radius 2 is 1.68 bits per heavy atom. The molecule has 0 fully saturated rings. The Morgan fingerprint density at radius 3 is 2.32 bits per heavy atom. The first kappa shape index (κ1) is 12.9. The van der Waals surface area contributed by atoms with Gasteiger partial charge in [0.1, 0.15) is 22.9 Å². The minimum Gasteiger partial charge on any atom is -0.507 e. The van der Waals surface area contributed by atoms with Crippen molar-refractivity contribution in [1.82, 2.24) is 0 Å². The zero-order valence-corrected chi connectivity index (χ0v) is 10.1. The van der Waals surface area contributed by atoms with Crippen LogP contribution in [-0.2, 0) is 0 Å². The summed E-state index contributed by atoms with van der Waals surface area (Å²) < 4.78 is 13.3. The van der Waals surface area contributed by atoms with Gasteiger partial charge in [0.05, 0.1) is 0 Å². The number of phenolic OH excluding ortho intramolecular Hbond substituents is 2. The van der Waals surface area contributed by atoms with Crippen molar-refractivity contribution in [3.63, 3.8) is 0 Å². The monoisotopic (exact) mass is 261 g/mol. The molecule has 0 aliphatic heterocycles. The molecule has 3 N–H and O–H groups in total. The molecule has 0 radical (unpaired) electrons. The molecule has 0 bridgehead atoms. The predicted octanol–water partition coefficient (Wildman–Crippen LogP) is 2.80. The second-order valence-electron chi connectivity index (χ2n) is 4.04. The van der Waals surface area contributed by atoms with Crippen LogP contribution < -0.4 is 5.32 Å². The van der Waals surface area contributed by atoms with Crippen LogP contribution in [0, 0.1) is 12.7 Å². The van der Waals surface area contributed by atoms with E-state index < -0.39 is 11.7 Å². The normalized spacial score (nSPS) is 10.2. The number of anilines is 1. The fourth-order valence-corrected chi connectivity index (χ4v) is 1.69. The number of phenols is 2. The fourth-order valence-electron chi connectivity index (χ4n) is 1.69. The van der Waals surface area contributed by atoms with E-state index in [1.54, 1.807) is 0 Å². The Morgan fingerprint density at radius 1 is 1.11 bits per heavy atom. The molecule has 0 aliphatic carbocycles. The molecule has 98 valence electrons. The highest BCUT2D eigenvalue weighted by Crippen LogP contribution is 2.28.